The van der Waals surface area contributed by atoms with Gasteiger partial charge in [0.1, 0.15) is 0 Å². The fourth-order valence-corrected chi connectivity index (χ4v) is 2.27. The molecular formula is C15H16ClN. The van der Waals surface area contributed by atoms with Gasteiger partial charge in [-0.25, -0.2) is 0 Å². The van der Waals surface area contributed by atoms with Crippen LogP contribution in [-0.2, 0) is 0 Å². The third-order valence-corrected chi connectivity index (χ3v) is 3.18. The maximum atomic E-state index is 3.35. The van der Waals surface area contributed by atoms with E-state index in [1.54, 1.807) is 0 Å². The first kappa shape index (κ1) is 12.2. The summed E-state index contributed by atoms with van der Waals surface area (Å²) in [6.45, 7) is 2.10. The van der Waals surface area contributed by atoms with Crippen LogP contribution in [0.2, 0.25) is 0 Å². The maximum Gasteiger partial charge on any atom is 0.0140 e. The number of fused-ring (bicyclic) bond motifs is 1. The summed E-state index contributed by atoms with van der Waals surface area (Å²) >= 11 is 0. The predicted octanol–water partition coefficient (Wildman–Crippen LogP) is 3.64. The van der Waals surface area contributed by atoms with E-state index in [-0.39, 0.29) is 12.4 Å². The first-order chi connectivity index (χ1) is 7.93. The van der Waals surface area contributed by atoms with Crippen molar-refractivity contribution in [2.45, 2.75) is 6.42 Å². The minimum Gasteiger partial charge on any atom is -0.313 e. The van der Waals surface area contributed by atoms with Crippen LogP contribution in [0.15, 0.2) is 48.5 Å². The van der Waals surface area contributed by atoms with Crippen LogP contribution in [0.25, 0.3) is 16.3 Å². The van der Waals surface area contributed by atoms with Crippen molar-refractivity contribution in [3.05, 3.63) is 54.1 Å². The van der Waals surface area contributed by atoms with Gasteiger partial charge < -0.3 is 5.32 Å². The molecule has 0 amide bonds. The van der Waals surface area contributed by atoms with Crippen LogP contribution in [0.4, 0.5) is 0 Å². The van der Waals surface area contributed by atoms with Crippen molar-refractivity contribution in [3.63, 3.8) is 0 Å². The molecule has 1 nitrogen and oxygen atoms in total. The summed E-state index contributed by atoms with van der Waals surface area (Å²) in [4.78, 5) is 0. The van der Waals surface area contributed by atoms with E-state index in [9.17, 15) is 0 Å². The standard InChI is InChI=1S/C15H15N.ClH/c1-2-4-14-11-15(6-5-12(14)3-1)13-7-9-16-10-8-13;/h1-7,11,16H,8-10H2;1H. The van der Waals surface area contributed by atoms with Crippen LogP contribution in [0.3, 0.4) is 0 Å². The summed E-state index contributed by atoms with van der Waals surface area (Å²) in [5, 5.41) is 6.00. The molecule has 0 fully saturated rings. The van der Waals surface area contributed by atoms with E-state index >= 15 is 0 Å². The highest BCUT2D eigenvalue weighted by Gasteiger charge is 2.05. The van der Waals surface area contributed by atoms with Gasteiger partial charge in [-0.1, -0.05) is 42.5 Å². The van der Waals surface area contributed by atoms with Gasteiger partial charge in [0.25, 0.3) is 0 Å². The zero-order chi connectivity index (χ0) is 10.8. The van der Waals surface area contributed by atoms with Crippen LogP contribution >= 0.6 is 12.4 Å². The Hall–Kier alpha value is -1.31. The van der Waals surface area contributed by atoms with Crippen LogP contribution in [0, 0.1) is 0 Å². The molecule has 0 aromatic heterocycles. The van der Waals surface area contributed by atoms with Crippen LogP contribution in [0.5, 0.6) is 0 Å². The highest BCUT2D eigenvalue weighted by molar-refractivity contribution is 5.86. The molecule has 0 radical (unpaired) electrons. The van der Waals surface area contributed by atoms with Gasteiger partial charge in [0.2, 0.25) is 0 Å². The molecule has 1 N–H and O–H groups in total. The van der Waals surface area contributed by atoms with Crippen LogP contribution < -0.4 is 5.32 Å². The van der Waals surface area contributed by atoms with Gasteiger partial charge in [0.15, 0.2) is 0 Å². The van der Waals surface area contributed by atoms with Gasteiger partial charge in [-0.15, -0.1) is 12.4 Å². The Kier molecular flexibility index (Phi) is 3.82. The molecule has 0 unspecified atom stereocenters. The fourth-order valence-electron chi connectivity index (χ4n) is 2.27. The van der Waals surface area contributed by atoms with Gasteiger partial charge in [-0.05, 0) is 40.9 Å². The van der Waals surface area contributed by atoms with E-state index in [0.717, 1.165) is 19.5 Å². The lowest BCUT2D eigenvalue weighted by molar-refractivity contribution is 0.739. The SMILES string of the molecule is C1=C(c2ccc3ccccc3c2)CCNC1.Cl. The first-order valence-corrected chi connectivity index (χ1v) is 5.82. The average Bonchev–Trinajstić information content (AvgIpc) is 2.39. The van der Waals surface area contributed by atoms with Crippen molar-refractivity contribution in [1.82, 2.24) is 5.32 Å². The van der Waals surface area contributed by atoms with Crippen molar-refractivity contribution < 1.29 is 0 Å². The Bertz CT molecular complexity index is 545. The molecule has 0 spiro atoms. The Labute approximate surface area is 108 Å². The Morgan fingerprint density at radius 3 is 2.53 bits per heavy atom. The molecule has 0 aliphatic carbocycles. The largest absolute Gasteiger partial charge is 0.313 e. The van der Waals surface area contributed by atoms with Crippen molar-refractivity contribution in [2.24, 2.45) is 0 Å². The van der Waals surface area contributed by atoms with Gasteiger partial charge in [0, 0.05) is 6.54 Å². The minimum atomic E-state index is 0. The minimum absolute atomic E-state index is 0. The molecule has 2 heteroatoms. The van der Waals surface area contributed by atoms with Crippen LogP contribution in [-0.4, -0.2) is 13.1 Å². The molecule has 2 aromatic carbocycles. The highest BCUT2D eigenvalue weighted by atomic mass is 35.5. The van der Waals surface area contributed by atoms with Gasteiger partial charge in [-0.3, -0.25) is 0 Å². The van der Waals surface area contributed by atoms with Gasteiger partial charge in [-0.2, -0.15) is 0 Å². The first-order valence-electron chi connectivity index (χ1n) is 5.82. The lowest BCUT2D eigenvalue weighted by Crippen LogP contribution is -2.19. The second kappa shape index (κ2) is 5.35. The summed E-state index contributed by atoms with van der Waals surface area (Å²) in [5.41, 5.74) is 2.85. The number of hydrogen-bond acceptors (Lipinski definition) is 1. The number of benzene rings is 2. The van der Waals surface area contributed by atoms with Crippen molar-refractivity contribution in [2.75, 3.05) is 13.1 Å². The molecule has 1 aliphatic rings. The molecule has 0 bridgehead atoms. The fraction of sp³-hybridized carbons (Fsp3) is 0.200. The number of nitrogens with one attached hydrogen (secondary N) is 1. The molecule has 88 valence electrons. The van der Waals surface area contributed by atoms with Crippen LogP contribution in [0.1, 0.15) is 12.0 Å². The molecule has 2 aromatic rings. The summed E-state index contributed by atoms with van der Waals surface area (Å²) in [5.74, 6) is 0. The van der Waals surface area contributed by atoms with E-state index in [2.05, 4.69) is 53.9 Å². The Morgan fingerprint density at radius 1 is 0.941 bits per heavy atom. The molecule has 1 heterocycles. The third-order valence-electron chi connectivity index (χ3n) is 3.18. The summed E-state index contributed by atoms with van der Waals surface area (Å²) in [6, 6.07) is 15.3. The summed E-state index contributed by atoms with van der Waals surface area (Å²) < 4.78 is 0. The van der Waals surface area contributed by atoms with E-state index in [0.29, 0.717) is 0 Å². The monoisotopic (exact) mass is 245 g/mol. The van der Waals surface area contributed by atoms with E-state index in [4.69, 9.17) is 0 Å². The van der Waals surface area contributed by atoms with E-state index in [1.165, 1.54) is 21.9 Å². The maximum absolute atomic E-state index is 3.35. The Morgan fingerprint density at radius 2 is 1.76 bits per heavy atom. The number of halogens is 1. The zero-order valence-electron chi connectivity index (χ0n) is 9.65. The molecule has 0 saturated heterocycles. The molecule has 3 rings (SSSR count). The zero-order valence-corrected chi connectivity index (χ0v) is 10.5. The quantitative estimate of drug-likeness (QED) is 0.809. The van der Waals surface area contributed by atoms with Crippen molar-refractivity contribution in [1.29, 1.82) is 0 Å². The third kappa shape index (κ3) is 2.51. The highest BCUT2D eigenvalue weighted by Crippen LogP contribution is 2.23. The average molecular weight is 246 g/mol. The van der Waals surface area contributed by atoms with Crippen molar-refractivity contribution >= 4 is 28.8 Å². The number of rotatable bonds is 1. The predicted molar refractivity (Wildman–Crippen MR) is 76.7 cm³/mol. The van der Waals surface area contributed by atoms with E-state index < -0.39 is 0 Å². The lowest BCUT2D eigenvalue weighted by atomic mass is 9.97. The summed E-state index contributed by atoms with van der Waals surface area (Å²) in [6.07, 6.45) is 3.44. The topological polar surface area (TPSA) is 12.0 Å². The van der Waals surface area contributed by atoms with Crippen molar-refractivity contribution in [3.8, 4) is 0 Å². The second-order valence-corrected chi connectivity index (χ2v) is 4.25. The smallest absolute Gasteiger partial charge is 0.0140 e. The summed E-state index contributed by atoms with van der Waals surface area (Å²) in [7, 11) is 0. The molecule has 1 aliphatic heterocycles. The lowest BCUT2D eigenvalue weighted by Gasteiger charge is -2.14. The molecular weight excluding hydrogens is 230 g/mol. The van der Waals surface area contributed by atoms with Gasteiger partial charge >= 0.3 is 0 Å². The Balaban J connectivity index is 0.00000108. The second-order valence-electron chi connectivity index (χ2n) is 4.25. The molecule has 0 atom stereocenters. The molecule has 17 heavy (non-hydrogen) atoms. The number of hydrogen-bond donors (Lipinski definition) is 1. The van der Waals surface area contributed by atoms with E-state index in [1.807, 2.05) is 0 Å². The normalized spacial score (nSPS) is 15.2. The molecule has 0 saturated carbocycles. The van der Waals surface area contributed by atoms with Gasteiger partial charge in [0.05, 0.1) is 0 Å².